The van der Waals surface area contributed by atoms with Crippen molar-refractivity contribution in [2.45, 2.75) is 11.8 Å². The Kier molecular flexibility index (Phi) is 4.89. The second-order valence-corrected chi connectivity index (χ2v) is 7.40. The Morgan fingerprint density at radius 2 is 1.72 bits per heavy atom. The lowest BCUT2D eigenvalue weighted by atomic mass is 10.1. The predicted molar refractivity (Wildman–Crippen MR) is 89.6 cm³/mol. The van der Waals surface area contributed by atoms with Gasteiger partial charge < -0.3 is 0 Å². The van der Waals surface area contributed by atoms with Gasteiger partial charge in [0.2, 0.25) is 15.8 Å². The van der Waals surface area contributed by atoms with Gasteiger partial charge in [0.1, 0.15) is 34.0 Å². The highest BCUT2D eigenvalue weighted by atomic mass is 32.2. The van der Waals surface area contributed by atoms with E-state index in [0.29, 0.717) is 4.68 Å². The van der Waals surface area contributed by atoms with E-state index in [2.05, 4.69) is 5.10 Å². The molecule has 0 fully saturated rings. The minimum absolute atomic E-state index is 0.181. The van der Waals surface area contributed by atoms with Crippen molar-refractivity contribution in [1.29, 1.82) is 5.26 Å². The van der Waals surface area contributed by atoms with Gasteiger partial charge in [0.25, 0.3) is 5.95 Å². The molecule has 0 aliphatic carbocycles. The van der Waals surface area contributed by atoms with Crippen molar-refractivity contribution in [3.63, 3.8) is 0 Å². The molecule has 2 aromatic carbocycles. The van der Waals surface area contributed by atoms with Crippen molar-refractivity contribution in [3.05, 3.63) is 64.6 Å². The third-order valence-electron chi connectivity index (χ3n) is 4.04. The van der Waals surface area contributed by atoms with Crippen LogP contribution in [-0.2, 0) is 10.0 Å². The lowest BCUT2D eigenvalue weighted by molar-refractivity contribution is 0.487. The molecule has 0 saturated heterocycles. The van der Waals surface area contributed by atoms with Crippen molar-refractivity contribution >= 4 is 10.0 Å². The van der Waals surface area contributed by atoms with Gasteiger partial charge in [0.15, 0.2) is 5.82 Å². The minimum Gasteiger partial charge on any atom is -0.225 e. The summed E-state index contributed by atoms with van der Waals surface area (Å²) in [6, 6.07) is 4.33. The molecule has 6 nitrogen and oxygen atoms in total. The van der Waals surface area contributed by atoms with Crippen LogP contribution in [0.15, 0.2) is 29.2 Å². The lowest BCUT2D eigenvalue weighted by Crippen LogP contribution is -2.15. The molecule has 12 heteroatoms. The first kappa shape index (κ1) is 20.4. The number of primary sulfonamides is 1. The van der Waals surface area contributed by atoms with Crippen molar-refractivity contribution in [2.75, 3.05) is 0 Å². The molecule has 0 bridgehead atoms. The highest BCUT2D eigenvalue weighted by Gasteiger charge is 2.28. The van der Waals surface area contributed by atoms with Gasteiger partial charge in [0.05, 0.1) is 5.56 Å². The molecule has 0 amide bonds. The summed E-state index contributed by atoms with van der Waals surface area (Å²) in [4.78, 5) is -1.21. The number of nitrogens with zero attached hydrogens (tertiary/aromatic N) is 3. The summed E-state index contributed by atoms with van der Waals surface area (Å²) in [5.74, 6) is -7.72. The second kappa shape index (κ2) is 6.94. The van der Waals surface area contributed by atoms with Crippen LogP contribution >= 0.6 is 0 Å². The van der Waals surface area contributed by atoms with Gasteiger partial charge in [-0.15, -0.1) is 5.10 Å². The fraction of sp³-hybridized carbons (Fsp3) is 0.0588. The summed E-state index contributed by atoms with van der Waals surface area (Å²) in [6.45, 7) is 1.41. The molecular weight excluding hydrogens is 419 g/mol. The van der Waals surface area contributed by atoms with Crippen LogP contribution in [0.5, 0.6) is 0 Å². The highest BCUT2D eigenvalue weighted by Crippen LogP contribution is 2.33. The van der Waals surface area contributed by atoms with Gasteiger partial charge in [-0.05, 0) is 30.7 Å². The highest BCUT2D eigenvalue weighted by molar-refractivity contribution is 7.89. The molecule has 1 aromatic heterocycles. The van der Waals surface area contributed by atoms with Gasteiger partial charge in [-0.1, -0.05) is 6.07 Å². The SMILES string of the molecule is Cc1ccc(-n2nc(F)c(F)c2-c2cc(F)c(S(N)(=O)=O)cc2F)c(F)c1C#N. The van der Waals surface area contributed by atoms with Crippen molar-refractivity contribution < 1.29 is 30.4 Å². The first-order chi connectivity index (χ1) is 13.5. The third-order valence-corrected chi connectivity index (χ3v) is 4.97. The molecule has 0 unspecified atom stereocenters. The molecular formula is C17H9F5N4O2S. The Hall–Kier alpha value is -3.30. The zero-order valence-corrected chi connectivity index (χ0v) is 15.2. The number of hydrogen-bond donors (Lipinski definition) is 1. The molecule has 29 heavy (non-hydrogen) atoms. The van der Waals surface area contributed by atoms with E-state index in [0.717, 1.165) is 6.07 Å². The van der Waals surface area contributed by atoms with Gasteiger partial charge in [0, 0.05) is 5.56 Å². The molecule has 3 aromatic rings. The van der Waals surface area contributed by atoms with Crippen LogP contribution in [0.2, 0.25) is 0 Å². The monoisotopic (exact) mass is 428 g/mol. The number of aromatic nitrogens is 2. The first-order valence-corrected chi connectivity index (χ1v) is 9.17. The van der Waals surface area contributed by atoms with Gasteiger partial charge in [-0.2, -0.15) is 14.0 Å². The topological polar surface area (TPSA) is 102 Å². The van der Waals surface area contributed by atoms with Crippen molar-refractivity contribution in [2.24, 2.45) is 5.14 Å². The molecule has 0 aliphatic rings. The van der Waals surface area contributed by atoms with Crippen molar-refractivity contribution in [1.82, 2.24) is 9.78 Å². The summed E-state index contributed by atoms with van der Waals surface area (Å²) in [5, 5.41) is 17.0. The average molecular weight is 428 g/mol. The molecule has 0 saturated carbocycles. The number of nitriles is 1. The molecule has 150 valence electrons. The van der Waals surface area contributed by atoms with Crippen LogP contribution in [0.1, 0.15) is 11.1 Å². The first-order valence-electron chi connectivity index (χ1n) is 7.63. The van der Waals surface area contributed by atoms with Crippen LogP contribution in [0.4, 0.5) is 22.0 Å². The minimum atomic E-state index is -4.64. The van der Waals surface area contributed by atoms with E-state index in [1.807, 2.05) is 0 Å². The van der Waals surface area contributed by atoms with Crippen LogP contribution < -0.4 is 5.14 Å². The van der Waals surface area contributed by atoms with Crippen LogP contribution in [0.25, 0.3) is 16.9 Å². The van der Waals surface area contributed by atoms with E-state index < -0.39 is 66.6 Å². The van der Waals surface area contributed by atoms with Crippen LogP contribution in [0, 0.1) is 47.5 Å². The quantitative estimate of drug-likeness (QED) is 0.648. The number of hydrogen-bond acceptors (Lipinski definition) is 4. The van der Waals surface area contributed by atoms with E-state index in [4.69, 9.17) is 10.4 Å². The van der Waals surface area contributed by atoms with E-state index in [-0.39, 0.29) is 17.7 Å². The molecule has 3 rings (SSSR count). The predicted octanol–water partition coefficient (Wildman–Crippen LogP) is 3.06. The maximum absolute atomic E-state index is 14.7. The Balaban J connectivity index is 2.36. The van der Waals surface area contributed by atoms with E-state index in [1.165, 1.54) is 13.0 Å². The second-order valence-electron chi connectivity index (χ2n) is 5.88. The lowest BCUT2D eigenvalue weighted by Gasteiger charge is -2.12. The normalized spacial score (nSPS) is 11.5. The summed E-state index contributed by atoms with van der Waals surface area (Å²) in [7, 11) is -4.64. The van der Waals surface area contributed by atoms with Crippen LogP contribution in [-0.4, -0.2) is 18.2 Å². The Morgan fingerprint density at radius 3 is 2.31 bits per heavy atom. The Labute approximate surface area is 160 Å². The summed E-state index contributed by atoms with van der Waals surface area (Å²) < 4.78 is 94.4. The number of rotatable bonds is 3. The average Bonchev–Trinajstić information content (AvgIpc) is 2.91. The summed E-state index contributed by atoms with van der Waals surface area (Å²) >= 11 is 0. The molecule has 0 radical (unpaired) electrons. The zero-order chi connectivity index (χ0) is 21.7. The smallest absolute Gasteiger partial charge is 0.225 e. The van der Waals surface area contributed by atoms with Crippen LogP contribution in [0.3, 0.4) is 0 Å². The number of nitrogens with two attached hydrogens (primary N) is 1. The summed E-state index contributed by atoms with van der Waals surface area (Å²) in [5.41, 5.74) is -2.80. The number of benzene rings is 2. The van der Waals surface area contributed by atoms with Crippen molar-refractivity contribution in [3.8, 4) is 23.0 Å². The number of sulfonamides is 1. The maximum atomic E-state index is 14.7. The van der Waals surface area contributed by atoms with Gasteiger partial charge >= 0.3 is 0 Å². The summed E-state index contributed by atoms with van der Waals surface area (Å²) in [6.07, 6.45) is 0. The molecule has 2 N–H and O–H groups in total. The van der Waals surface area contributed by atoms with E-state index >= 15 is 0 Å². The van der Waals surface area contributed by atoms with E-state index in [1.54, 1.807) is 6.07 Å². The molecule has 0 atom stereocenters. The fourth-order valence-electron chi connectivity index (χ4n) is 2.67. The fourth-order valence-corrected chi connectivity index (χ4v) is 3.27. The van der Waals surface area contributed by atoms with E-state index in [9.17, 15) is 30.4 Å². The number of aryl methyl sites for hydroxylation is 1. The molecule has 1 heterocycles. The maximum Gasteiger partial charge on any atom is 0.269 e. The third kappa shape index (κ3) is 3.34. The number of halogens is 5. The Morgan fingerprint density at radius 1 is 1.07 bits per heavy atom. The zero-order valence-electron chi connectivity index (χ0n) is 14.3. The van der Waals surface area contributed by atoms with Gasteiger partial charge in [-0.3, -0.25) is 0 Å². The Bertz CT molecular complexity index is 1310. The molecule has 0 aliphatic heterocycles. The largest absolute Gasteiger partial charge is 0.269 e. The standard InChI is InChI=1S/C17H9F5N4O2S/c1-7-2-3-12(14(20)9(7)6-23)26-16(15(21)17(22)25-26)8-4-11(19)13(5-10(8)18)29(24,27)28/h2-5H,1H3,(H2,24,27,28). The molecule has 0 spiro atoms. The van der Waals surface area contributed by atoms with Gasteiger partial charge in [-0.25, -0.2) is 31.4 Å².